The van der Waals surface area contributed by atoms with Crippen LogP contribution in [-0.4, -0.2) is 58.7 Å². The maximum absolute atomic E-state index is 15.5. The van der Waals surface area contributed by atoms with Gasteiger partial charge in [-0.1, -0.05) is 43.3 Å². The third-order valence-corrected chi connectivity index (χ3v) is 7.54. The van der Waals surface area contributed by atoms with Crippen LogP contribution in [0.25, 0.3) is 11.1 Å². The molecule has 212 valence electrons. The summed E-state index contributed by atoms with van der Waals surface area (Å²) in [5.41, 5.74) is 12.1. The standard InChI is InChI=1S/C29H39FN4O5/c1-2-19-7-3-8-20(17-19)26-22(10-4-11-23(26)30)29(39,14-6-15-33-28(37)38)21-9-5-16-34(18-21)27(36)24(31)12-13-25(32)35/h3-4,7-8,10-11,17,21,24,33,39H,2,5-6,9,12-16,18,31H2,1H3,(H2,32,35)(H,37,38)/t21?,24-,29?/m1/s1. The van der Waals surface area contributed by atoms with E-state index in [-0.39, 0.29) is 38.3 Å². The summed E-state index contributed by atoms with van der Waals surface area (Å²) >= 11 is 0. The summed E-state index contributed by atoms with van der Waals surface area (Å²) in [4.78, 5) is 36.9. The van der Waals surface area contributed by atoms with E-state index in [0.717, 1.165) is 12.0 Å². The number of aryl methyl sites for hydroxylation is 1. The minimum atomic E-state index is -1.56. The van der Waals surface area contributed by atoms with Gasteiger partial charge in [-0.3, -0.25) is 9.59 Å². The van der Waals surface area contributed by atoms with E-state index >= 15 is 4.39 Å². The molecule has 0 bridgehead atoms. The largest absolute Gasteiger partial charge is 0.465 e. The van der Waals surface area contributed by atoms with Gasteiger partial charge in [0, 0.05) is 37.5 Å². The second-order valence-corrected chi connectivity index (χ2v) is 10.2. The van der Waals surface area contributed by atoms with Crippen LogP contribution in [0.5, 0.6) is 0 Å². The lowest BCUT2D eigenvalue weighted by atomic mass is 9.72. The van der Waals surface area contributed by atoms with Crippen LogP contribution in [0.3, 0.4) is 0 Å². The Hall–Kier alpha value is -3.50. The third kappa shape index (κ3) is 7.54. The highest BCUT2D eigenvalue weighted by Crippen LogP contribution is 2.44. The highest BCUT2D eigenvalue weighted by Gasteiger charge is 2.43. The lowest BCUT2D eigenvalue weighted by Gasteiger charge is -2.44. The number of hydrogen-bond acceptors (Lipinski definition) is 5. The number of amides is 3. The monoisotopic (exact) mass is 542 g/mol. The van der Waals surface area contributed by atoms with E-state index in [1.165, 1.54) is 6.07 Å². The van der Waals surface area contributed by atoms with Crippen molar-refractivity contribution in [2.75, 3.05) is 19.6 Å². The van der Waals surface area contributed by atoms with E-state index in [4.69, 9.17) is 16.6 Å². The van der Waals surface area contributed by atoms with Crippen LogP contribution in [0.2, 0.25) is 0 Å². The van der Waals surface area contributed by atoms with Gasteiger partial charge in [-0.05, 0) is 61.3 Å². The van der Waals surface area contributed by atoms with E-state index in [2.05, 4.69) is 5.32 Å². The van der Waals surface area contributed by atoms with Gasteiger partial charge in [0.25, 0.3) is 0 Å². The molecule has 1 aliphatic rings. The number of hydrogen-bond donors (Lipinski definition) is 5. The highest BCUT2D eigenvalue weighted by atomic mass is 19.1. The van der Waals surface area contributed by atoms with E-state index < -0.39 is 35.4 Å². The molecule has 9 nitrogen and oxygen atoms in total. The van der Waals surface area contributed by atoms with Crippen LogP contribution in [-0.2, 0) is 21.6 Å². The number of piperidine rings is 1. The Morgan fingerprint density at radius 3 is 2.67 bits per heavy atom. The predicted octanol–water partition coefficient (Wildman–Crippen LogP) is 3.12. The van der Waals surface area contributed by atoms with Crippen molar-refractivity contribution in [3.63, 3.8) is 0 Å². The molecule has 0 radical (unpaired) electrons. The SMILES string of the molecule is CCc1cccc(-c2c(F)cccc2C(O)(CCCNC(=O)O)C2CCCN(C(=O)[C@H](N)CCC(N)=O)C2)c1. The number of nitrogens with zero attached hydrogens (tertiary/aromatic N) is 1. The van der Waals surface area contributed by atoms with Gasteiger partial charge in [-0.2, -0.15) is 0 Å². The summed E-state index contributed by atoms with van der Waals surface area (Å²) in [6.07, 6.45) is 1.35. The fraction of sp³-hybridized carbons (Fsp3) is 0.483. The molecule has 7 N–H and O–H groups in total. The molecule has 3 atom stereocenters. The first-order valence-corrected chi connectivity index (χ1v) is 13.5. The topological polar surface area (TPSA) is 159 Å². The number of nitrogens with one attached hydrogen (secondary N) is 1. The smallest absolute Gasteiger partial charge is 0.404 e. The Balaban J connectivity index is 1.99. The molecule has 2 unspecified atom stereocenters. The van der Waals surface area contributed by atoms with Crippen molar-refractivity contribution in [2.45, 2.75) is 63.5 Å². The zero-order chi connectivity index (χ0) is 28.6. The number of carboxylic acid groups (broad SMARTS) is 1. The second kappa shape index (κ2) is 13.5. The Bertz CT molecular complexity index is 1180. The molecule has 2 aromatic carbocycles. The second-order valence-electron chi connectivity index (χ2n) is 10.2. The van der Waals surface area contributed by atoms with E-state index in [1.54, 1.807) is 17.0 Å². The molecule has 0 aliphatic carbocycles. The predicted molar refractivity (Wildman–Crippen MR) is 146 cm³/mol. The fourth-order valence-electron chi connectivity index (χ4n) is 5.46. The fourth-order valence-corrected chi connectivity index (χ4v) is 5.46. The first-order valence-electron chi connectivity index (χ1n) is 13.5. The number of aliphatic hydroxyl groups is 1. The van der Waals surface area contributed by atoms with Gasteiger partial charge >= 0.3 is 6.09 Å². The average Bonchev–Trinajstić information content (AvgIpc) is 2.93. The molecular weight excluding hydrogens is 503 g/mol. The molecule has 0 spiro atoms. The van der Waals surface area contributed by atoms with Crippen molar-refractivity contribution in [3.05, 3.63) is 59.4 Å². The van der Waals surface area contributed by atoms with Crippen LogP contribution in [0.1, 0.15) is 56.6 Å². The van der Waals surface area contributed by atoms with Gasteiger partial charge in [-0.15, -0.1) is 0 Å². The number of likely N-dealkylation sites (tertiary alicyclic amines) is 1. The first-order chi connectivity index (χ1) is 18.6. The number of carbonyl (C=O) groups is 3. The van der Waals surface area contributed by atoms with Crippen molar-refractivity contribution in [2.24, 2.45) is 17.4 Å². The molecule has 10 heteroatoms. The van der Waals surface area contributed by atoms with E-state index in [0.29, 0.717) is 42.5 Å². The molecule has 2 aromatic rings. The molecule has 0 saturated carbocycles. The molecule has 1 heterocycles. The van der Waals surface area contributed by atoms with Gasteiger partial charge in [0.1, 0.15) is 5.82 Å². The van der Waals surface area contributed by atoms with Crippen LogP contribution in [0, 0.1) is 11.7 Å². The third-order valence-electron chi connectivity index (χ3n) is 7.54. The highest BCUT2D eigenvalue weighted by molar-refractivity contribution is 5.83. The molecule has 3 rings (SSSR count). The molecule has 0 aromatic heterocycles. The average molecular weight is 543 g/mol. The van der Waals surface area contributed by atoms with Gasteiger partial charge < -0.3 is 31.9 Å². The first kappa shape index (κ1) is 30.0. The van der Waals surface area contributed by atoms with Crippen LogP contribution < -0.4 is 16.8 Å². The molecule has 3 amide bonds. The number of benzene rings is 2. The number of nitrogens with two attached hydrogens (primary N) is 2. The van der Waals surface area contributed by atoms with Gasteiger partial charge in [-0.25, -0.2) is 9.18 Å². The molecule has 39 heavy (non-hydrogen) atoms. The van der Waals surface area contributed by atoms with Crippen molar-refractivity contribution in [1.29, 1.82) is 0 Å². The van der Waals surface area contributed by atoms with Crippen molar-refractivity contribution in [1.82, 2.24) is 10.2 Å². The van der Waals surface area contributed by atoms with Crippen molar-refractivity contribution in [3.8, 4) is 11.1 Å². The zero-order valence-electron chi connectivity index (χ0n) is 22.4. The Morgan fingerprint density at radius 2 is 1.97 bits per heavy atom. The minimum Gasteiger partial charge on any atom is -0.465 e. The maximum atomic E-state index is 15.5. The van der Waals surface area contributed by atoms with Crippen molar-refractivity contribution < 1.29 is 29.0 Å². The number of primary amides is 1. The molecule has 1 fully saturated rings. The minimum absolute atomic E-state index is 0.00579. The van der Waals surface area contributed by atoms with Crippen LogP contribution in [0.15, 0.2) is 42.5 Å². The van der Waals surface area contributed by atoms with Crippen LogP contribution in [0.4, 0.5) is 9.18 Å². The molecular formula is C29H39FN4O5. The lowest BCUT2D eigenvalue weighted by molar-refractivity contribution is -0.138. The summed E-state index contributed by atoms with van der Waals surface area (Å²) in [7, 11) is 0. The number of rotatable bonds is 12. The quantitative estimate of drug-likeness (QED) is 0.259. The summed E-state index contributed by atoms with van der Waals surface area (Å²) in [6.45, 7) is 2.76. The number of halogens is 1. The van der Waals surface area contributed by atoms with Gasteiger partial charge in [0.05, 0.1) is 11.6 Å². The van der Waals surface area contributed by atoms with Gasteiger partial charge in [0.15, 0.2) is 0 Å². The zero-order valence-corrected chi connectivity index (χ0v) is 22.4. The molecule has 1 saturated heterocycles. The van der Waals surface area contributed by atoms with E-state index in [1.807, 2.05) is 31.2 Å². The summed E-state index contributed by atoms with van der Waals surface area (Å²) in [5, 5.41) is 23.7. The van der Waals surface area contributed by atoms with Crippen LogP contribution >= 0.6 is 0 Å². The molecule has 1 aliphatic heterocycles. The van der Waals surface area contributed by atoms with E-state index in [9.17, 15) is 19.5 Å². The summed E-state index contributed by atoms with van der Waals surface area (Å²) in [5.74, 6) is -1.80. The normalized spacial score (nSPS) is 17.7. The number of carbonyl (C=O) groups excluding carboxylic acids is 2. The maximum Gasteiger partial charge on any atom is 0.404 e. The van der Waals surface area contributed by atoms with Gasteiger partial charge in [0.2, 0.25) is 11.8 Å². The Morgan fingerprint density at radius 1 is 1.23 bits per heavy atom. The summed E-state index contributed by atoms with van der Waals surface area (Å²) < 4.78 is 15.5. The Kier molecular flexibility index (Phi) is 10.4. The summed E-state index contributed by atoms with van der Waals surface area (Å²) in [6, 6.07) is 11.3. The Labute approximate surface area is 228 Å². The van der Waals surface area contributed by atoms with Crippen molar-refractivity contribution >= 4 is 17.9 Å². The lowest BCUT2D eigenvalue weighted by Crippen LogP contribution is -2.52.